The minimum atomic E-state index is -3.96. The van der Waals surface area contributed by atoms with E-state index in [0.717, 1.165) is 39.0 Å². The Balaban J connectivity index is 2.08. The molecule has 0 saturated carbocycles. The minimum Gasteiger partial charge on any atom is -0.497 e. The van der Waals surface area contributed by atoms with Gasteiger partial charge in [-0.1, -0.05) is 71.7 Å². The van der Waals surface area contributed by atoms with Crippen molar-refractivity contribution >= 4 is 43.5 Å². The molecule has 3 aromatic rings. The second-order valence-corrected chi connectivity index (χ2v) is 12.6. The van der Waals surface area contributed by atoms with Crippen molar-refractivity contribution in [3.8, 4) is 11.5 Å². The molecule has 3 aromatic carbocycles. The zero-order chi connectivity index (χ0) is 30.7. The summed E-state index contributed by atoms with van der Waals surface area (Å²) in [4.78, 5) is 29.4. The largest absolute Gasteiger partial charge is 0.497 e. The number of ether oxygens (including phenoxy) is 2. The average Bonchev–Trinajstić information content (AvgIpc) is 2.98. The number of amides is 2. The third kappa shape index (κ3) is 9.22. The molecule has 1 atom stereocenters. The van der Waals surface area contributed by atoms with Gasteiger partial charge >= 0.3 is 0 Å². The van der Waals surface area contributed by atoms with Crippen molar-refractivity contribution in [1.29, 1.82) is 0 Å². The van der Waals surface area contributed by atoms with Gasteiger partial charge in [-0.2, -0.15) is 0 Å². The smallest absolute Gasteiger partial charge is 0.244 e. The molecule has 1 N–H and O–H groups in total. The Morgan fingerprint density at radius 2 is 1.64 bits per heavy atom. The summed E-state index contributed by atoms with van der Waals surface area (Å²) in [5, 5.41) is 2.97. The van der Waals surface area contributed by atoms with Crippen LogP contribution in [0.3, 0.4) is 0 Å². The number of hydrogen-bond acceptors (Lipinski definition) is 6. The van der Waals surface area contributed by atoms with Crippen molar-refractivity contribution < 1.29 is 27.5 Å². The lowest BCUT2D eigenvalue weighted by Gasteiger charge is -2.33. The van der Waals surface area contributed by atoms with Crippen molar-refractivity contribution in [2.45, 2.75) is 38.8 Å². The number of halogens is 1. The molecule has 0 aliphatic carbocycles. The van der Waals surface area contributed by atoms with Crippen molar-refractivity contribution in [2.75, 3.05) is 37.9 Å². The topological polar surface area (TPSA) is 105 Å². The molecule has 2 amide bonds. The summed E-state index contributed by atoms with van der Waals surface area (Å²) >= 11 is 3.44. The maximum Gasteiger partial charge on any atom is 0.244 e. The van der Waals surface area contributed by atoms with Crippen LogP contribution >= 0.6 is 15.9 Å². The second kappa shape index (κ2) is 15.6. The number of carbonyl (C=O) groups is 2. The predicted octanol–water partition coefficient (Wildman–Crippen LogP) is 4.79. The number of anilines is 1. The molecule has 0 spiro atoms. The molecule has 42 heavy (non-hydrogen) atoms. The Hall–Kier alpha value is -3.57. The van der Waals surface area contributed by atoms with E-state index >= 15 is 0 Å². The first kappa shape index (κ1) is 32.9. The molecule has 3 rings (SSSR count). The number of sulfonamides is 1. The summed E-state index contributed by atoms with van der Waals surface area (Å²) in [7, 11) is -1.08. The van der Waals surface area contributed by atoms with Gasteiger partial charge in [0.2, 0.25) is 21.8 Å². The predicted molar refractivity (Wildman–Crippen MR) is 168 cm³/mol. The Morgan fingerprint density at radius 1 is 0.952 bits per heavy atom. The molecule has 0 aliphatic heterocycles. The van der Waals surface area contributed by atoms with E-state index in [9.17, 15) is 18.0 Å². The molecule has 9 nitrogen and oxygen atoms in total. The number of rotatable bonds is 15. The van der Waals surface area contributed by atoms with Crippen LogP contribution in [0.15, 0.2) is 77.3 Å². The third-order valence-corrected chi connectivity index (χ3v) is 8.36. The van der Waals surface area contributed by atoms with Gasteiger partial charge in [-0.05, 0) is 41.8 Å². The van der Waals surface area contributed by atoms with E-state index in [2.05, 4.69) is 21.2 Å². The summed E-state index contributed by atoms with van der Waals surface area (Å²) in [5.74, 6) is -0.190. The monoisotopic (exact) mass is 659 g/mol. The highest BCUT2D eigenvalue weighted by molar-refractivity contribution is 9.10. The third-order valence-electron chi connectivity index (χ3n) is 6.70. The molecule has 0 bridgehead atoms. The Morgan fingerprint density at radius 3 is 2.24 bits per heavy atom. The number of hydrogen-bond donors (Lipinski definition) is 1. The van der Waals surface area contributed by atoms with E-state index in [1.165, 1.54) is 25.2 Å². The van der Waals surface area contributed by atoms with E-state index in [-0.39, 0.29) is 30.3 Å². The van der Waals surface area contributed by atoms with Gasteiger partial charge in [0.1, 0.15) is 24.1 Å². The first-order valence-electron chi connectivity index (χ1n) is 13.6. The number of carbonyl (C=O) groups excluding carboxylic acids is 2. The first-order chi connectivity index (χ1) is 20.1. The number of benzene rings is 3. The fourth-order valence-electron chi connectivity index (χ4n) is 4.43. The highest BCUT2D eigenvalue weighted by atomic mass is 79.9. The number of methoxy groups -OCH3 is 2. The molecule has 0 fully saturated rings. The highest BCUT2D eigenvalue weighted by Gasteiger charge is 2.33. The van der Waals surface area contributed by atoms with Gasteiger partial charge < -0.3 is 19.7 Å². The zero-order valence-electron chi connectivity index (χ0n) is 24.4. The van der Waals surface area contributed by atoms with Crippen LogP contribution in [-0.4, -0.2) is 64.7 Å². The number of unbranched alkanes of at least 4 members (excludes halogenated alkanes) is 1. The van der Waals surface area contributed by atoms with Gasteiger partial charge in [0.05, 0.1) is 26.2 Å². The Bertz CT molecular complexity index is 1430. The molecule has 0 aromatic heterocycles. The van der Waals surface area contributed by atoms with Crippen LogP contribution < -0.4 is 19.1 Å². The number of nitrogens with zero attached hydrogens (tertiary/aromatic N) is 2. The zero-order valence-corrected chi connectivity index (χ0v) is 26.8. The van der Waals surface area contributed by atoms with Gasteiger partial charge in [0, 0.05) is 30.0 Å². The summed E-state index contributed by atoms with van der Waals surface area (Å²) in [6, 6.07) is 20.7. The summed E-state index contributed by atoms with van der Waals surface area (Å²) < 4.78 is 38.8. The molecule has 0 heterocycles. The van der Waals surface area contributed by atoms with Crippen LogP contribution in [0.2, 0.25) is 0 Å². The lowest BCUT2D eigenvalue weighted by molar-refractivity contribution is -0.140. The lowest BCUT2D eigenvalue weighted by Crippen LogP contribution is -2.53. The maximum absolute atomic E-state index is 14.2. The van der Waals surface area contributed by atoms with Crippen molar-refractivity contribution in [3.63, 3.8) is 0 Å². The minimum absolute atomic E-state index is 0.0949. The highest BCUT2D eigenvalue weighted by Crippen LogP contribution is 2.34. The lowest BCUT2D eigenvalue weighted by atomic mass is 10.0. The van der Waals surface area contributed by atoms with Crippen LogP contribution in [0.5, 0.6) is 11.5 Å². The van der Waals surface area contributed by atoms with Crippen LogP contribution in [0.4, 0.5) is 5.69 Å². The normalized spacial score (nSPS) is 11.8. The van der Waals surface area contributed by atoms with Crippen molar-refractivity contribution in [1.82, 2.24) is 10.2 Å². The molecular formula is C31H38BrN3O6S. The number of nitrogens with one attached hydrogen (secondary N) is 1. The molecular weight excluding hydrogens is 622 g/mol. The quantitative estimate of drug-likeness (QED) is 0.235. The molecule has 0 aliphatic rings. The fourth-order valence-corrected chi connectivity index (χ4v) is 5.54. The van der Waals surface area contributed by atoms with Crippen LogP contribution in [0, 0.1) is 0 Å². The van der Waals surface area contributed by atoms with Gasteiger partial charge in [0.15, 0.2) is 0 Å². The summed E-state index contributed by atoms with van der Waals surface area (Å²) in [6.07, 6.45) is 2.97. The fraction of sp³-hybridized carbons (Fsp3) is 0.355. The van der Waals surface area contributed by atoms with E-state index < -0.39 is 28.5 Å². The van der Waals surface area contributed by atoms with E-state index in [0.29, 0.717) is 12.3 Å². The van der Waals surface area contributed by atoms with Gasteiger partial charge in [-0.25, -0.2) is 8.42 Å². The molecule has 11 heteroatoms. The maximum atomic E-state index is 14.2. The van der Waals surface area contributed by atoms with Gasteiger partial charge in [-0.15, -0.1) is 0 Å². The Labute approximate surface area is 257 Å². The van der Waals surface area contributed by atoms with E-state index in [1.807, 2.05) is 61.5 Å². The molecule has 0 saturated heterocycles. The van der Waals surface area contributed by atoms with Crippen molar-refractivity contribution in [3.05, 3.63) is 88.4 Å². The first-order valence-corrected chi connectivity index (χ1v) is 16.3. The molecule has 1 unspecified atom stereocenters. The van der Waals surface area contributed by atoms with E-state index in [1.54, 1.807) is 12.1 Å². The SMILES string of the molecule is CCCCNC(=O)C(Cc1ccccc1)N(Cc1ccc(Br)cc1)C(=O)CN(c1cc(OC)ccc1OC)S(C)(=O)=O. The van der Waals surface area contributed by atoms with Crippen molar-refractivity contribution in [2.24, 2.45) is 0 Å². The molecule has 226 valence electrons. The van der Waals surface area contributed by atoms with Crippen LogP contribution in [0.1, 0.15) is 30.9 Å². The van der Waals surface area contributed by atoms with Gasteiger partial charge in [0.25, 0.3) is 0 Å². The van der Waals surface area contributed by atoms with Gasteiger partial charge in [-0.3, -0.25) is 13.9 Å². The average molecular weight is 661 g/mol. The summed E-state index contributed by atoms with van der Waals surface area (Å²) in [6.45, 7) is 2.05. The van der Waals surface area contributed by atoms with Crippen LogP contribution in [-0.2, 0) is 32.6 Å². The van der Waals surface area contributed by atoms with Crippen LogP contribution in [0.25, 0.3) is 0 Å². The second-order valence-electron chi connectivity index (χ2n) is 9.81. The standard InChI is InChI=1S/C31H38BrN3O6S/c1-5-6-18-33-31(37)28(19-23-10-8-7-9-11-23)34(21-24-12-14-25(32)15-13-24)30(36)22-35(42(4,38)39)27-20-26(40-2)16-17-29(27)41-3/h7-17,20,28H,5-6,18-19,21-22H2,1-4H3,(H,33,37). The van der Waals surface area contributed by atoms with E-state index in [4.69, 9.17) is 9.47 Å². The Kier molecular flexibility index (Phi) is 12.2. The molecule has 0 radical (unpaired) electrons. The summed E-state index contributed by atoms with van der Waals surface area (Å²) in [5.41, 5.74) is 1.82.